The van der Waals surface area contributed by atoms with E-state index >= 15 is 0 Å². The minimum Gasteiger partial charge on any atom is -0.364 e. The van der Waals surface area contributed by atoms with E-state index in [1.54, 1.807) is 0 Å². The molecule has 134 valence electrons. The standard InChI is InChI=1S/C19H28N2O2.ClH/c1-13-6-5-7-16(14(13)2)17-8-3-4-11-21(17)19(22)18-10-9-15(12-20)23-18;/h5-7,15,17-18H,3-4,8-12,20H2,1-2H3;1H/t15-,17?,18+;/m1./s1. The highest BCUT2D eigenvalue weighted by Gasteiger charge is 2.37. The molecule has 2 aliphatic rings. The minimum atomic E-state index is -0.297. The van der Waals surface area contributed by atoms with Gasteiger partial charge in [-0.1, -0.05) is 18.2 Å². The SMILES string of the molecule is Cc1cccc(C2CCCCN2C(=O)[C@@H]2CC[C@H](CN)O2)c1C.Cl. The second-order valence-electron chi connectivity index (χ2n) is 6.89. The number of hydrogen-bond donors (Lipinski definition) is 1. The van der Waals surface area contributed by atoms with Crippen molar-refractivity contribution in [2.45, 2.75) is 64.2 Å². The predicted molar refractivity (Wildman–Crippen MR) is 98.4 cm³/mol. The molecule has 0 spiro atoms. The van der Waals surface area contributed by atoms with Gasteiger partial charge in [0.2, 0.25) is 0 Å². The van der Waals surface area contributed by atoms with Gasteiger partial charge in [0.15, 0.2) is 0 Å². The first-order valence-corrected chi connectivity index (χ1v) is 8.84. The van der Waals surface area contributed by atoms with E-state index in [1.807, 2.05) is 0 Å². The Morgan fingerprint density at radius 1 is 1.25 bits per heavy atom. The molecular formula is C19H29ClN2O2. The van der Waals surface area contributed by atoms with Gasteiger partial charge in [-0.3, -0.25) is 4.79 Å². The highest BCUT2D eigenvalue weighted by atomic mass is 35.5. The maximum atomic E-state index is 13.0. The first-order chi connectivity index (χ1) is 11.1. The molecule has 1 aromatic carbocycles. The van der Waals surface area contributed by atoms with Crippen molar-refractivity contribution in [1.82, 2.24) is 4.90 Å². The fourth-order valence-electron chi connectivity index (χ4n) is 3.90. The number of halogens is 1. The Morgan fingerprint density at radius 2 is 2.04 bits per heavy atom. The van der Waals surface area contributed by atoms with Crippen molar-refractivity contribution in [3.8, 4) is 0 Å². The first-order valence-electron chi connectivity index (χ1n) is 8.84. The molecule has 2 fully saturated rings. The van der Waals surface area contributed by atoms with Gasteiger partial charge in [0.25, 0.3) is 5.91 Å². The quantitative estimate of drug-likeness (QED) is 0.908. The number of carbonyl (C=O) groups is 1. The number of amides is 1. The predicted octanol–water partition coefficient (Wildman–Crippen LogP) is 3.29. The first kappa shape index (κ1) is 19.2. The fourth-order valence-corrected chi connectivity index (χ4v) is 3.90. The van der Waals surface area contributed by atoms with Gasteiger partial charge in [0.05, 0.1) is 12.1 Å². The van der Waals surface area contributed by atoms with Crippen LogP contribution in [-0.2, 0) is 9.53 Å². The molecular weight excluding hydrogens is 324 g/mol. The number of aryl methyl sites for hydroxylation is 1. The smallest absolute Gasteiger partial charge is 0.252 e. The normalized spacial score (nSPS) is 27.0. The molecule has 1 aromatic rings. The molecule has 0 bridgehead atoms. The van der Waals surface area contributed by atoms with Gasteiger partial charge in [0.1, 0.15) is 6.10 Å². The summed E-state index contributed by atoms with van der Waals surface area (Å²) in [5, 5.41) is 0. The van der Waals surface area contributed by atoms with Crippen LogP contribution in [0.15, 0.2) is 18.2 Å². The number of piperidine rings is 1. The molecule has 0 radical (unpaired) electrons. The minimum absolute atomic E-state index is 0. The second kappa shape index (κ2) is 8.32. The van der Waals surface area contributed by atoms with Gasteiger partial charge in [0, 0.05) is 13.1 Å². The van der Waals surface area contributed by atoms with E-state index < -0.39 is 0 Å². The summed E-state index contributed by atoms with van der Waals surface area (Å²) in [6.45, 7) is 5.65. The van der Waals surface area contributed by atoms with Crippen molar-refractivity contribution in [2.24, 2.45) is 5.73 Å². The van der Waals surface area contributed by atoms with Crippen LogP contribution in [0.3, 0.4) is 0 Å². The zero-order valence-corrected chi connectivity index (χ0v) is 15.5. The fraction of sp³-hybridized carbons (Fsp3) is 0.632. The molecule has 0 aromatic heterocycles. The van der Waals surface area contributed by atoms with Gasteiger partial charge in [-0.25, -0.2) is 0 Å². The van der Waals surface area contributed by atoms with Gasteiger partial charge in [-0.05, 0) is 62.6 Å². The monoisotopic (exact) mass is 352 g/mol. The van der Waals surface area contributed by atoms with Crippen molar-refractivity contribution < 1.29 is 9.53 Å². The van der Waals surface area contributed by atoms with E-state index in [2.05, 4.69) is 36.9 Å². The van der Waals surface area contributed by atoms with Crippen LogP contribution in [0.2, 0.25) is 0 Å². The van der Waals surface area contributed by atoms with Crippen LogP contribution in [0.1, 0.15) is 54.8 Å². The zero-order valence-electron chi connectivity index (χ0n) is 14.7. The number of ether oxygens (including phenoxy) is 1. The van der Waals surface area contributed by atoms with E-state index in [1.165, 1.54) is 23.1 Å². The Kier molecular flexibility index (Phi) is 6.67. The third-order valence-electron chi connectivity index (χ3n) is 5.44. The van der Waals surface area contributed by atoms with Crippen molar-refractivity contribution in [1.29, 1.82) is 0 Å². The van der Waals surface area contributed by atoms with Gasteiger partial charge < -0.3 is 15.4 Å². The summed E-state index contributed by atoms with van der Waals surface area (Å²) in [5.74, 6) is 0.159. The van der Waals surface area contributed by atoms with Crippen LogP contribution < -0.4 is 5.73 Å². The average Bonchev–Trinajstić information content (AvgIpc) is 3.06. The van der Waals surface area contributed by atoms with Crippen LogP contribution >= 0.6 is 12.4 Å². The molecule has 3 rings (SSSR count). The lowest BCUT2D eigenvalue weighted by Gasteiger charge is -2.38. The lowest BCUT2D eigenvalue weighted by molar-refractivity contribution is -0.146. The Labute approximate surface area is 151 Å². The van der Waals surface area contributed by atoms with Crippen LogP contribution in [0.5, 0.6) is 0 Å². The molecule has 1 unspecified atom stereocenters. The number of carbonyl (C=O) groups excluding carboxylic acids is 1. The number of hydrogen-bond acceptors (Lipinski definition) is 3. The Bertz CT molecular complexity index is 578. The van der Waals surface area contributed by atoms with Crippen molar-refractivity contribution >= 4 is 18.3 Å². The maximum absolute atomic E-state index is 13.0. The van der Waals surface area contributed by atoms with Crippen molar-refractivity contribution in [3.63, 3.8) is 0 Å². The molecule has 2 heterocycles. The molecule has 2 N–H and O–H groups in total. The number of nitrogens with two attached hydrogens (primary N) is 1. The number of rotatable bonds is 3. The third-order valence-corrected chi connectivity index (χ3v) is 5.44. The summed E-state index contributed by atoms with van der Waals surface area (Å²) < 4.78 is 5.85. The van der Waals surface area contributed by atoms with Crippen LogP contribution in [-0.4, -0.2) is 36.1 Å². The van der Waals surface area contributed by atoms with Gasteiger partial charge >= 0.3 is 0 Å². The van der Waals surface area contributed by atoms with E-state index in [0.29, 0.717) is 6.54 Å². The number of likely N-dealkylation sites (tertiary alicyclic amines) is 1. The van der Waals surface area contributed by atoms with E-state index in [-0.39, 0.29) is 36.6 Å². The van der Waals surface area contributed by atoms with Crippen LogP contribution in [0, 0.1) is 13.8 Å². The molecule has 5 heteroatoms. The van der Waals surface area contributed by atoms with E-state index in [4.69, 9.17) is 10.5 Å². The Hall–Kier alpha value is -1.10. The molecule has 24 heavy (non-hydrogen) atoms. The van der Waals surface area contributed by atoms with Gasteiger partial charge in [-0.2, -0.15) is 0 Å². The van der Waals surface area contributed by atoms with E-state index in [9.17, 15) is 4.79 Å². The Morgan fingerprint density at radius 3 is 2.75 bits per heavy atom. The van der Waals surface area contributed by atoms with Crippen molar-refractivity contribution in [3.05, 3.63) is 34.9 Å². The summed E-state index contributed by atoms with van der Waals surface area (Å²) in [7, 11) is 0. The average molecular weight is 353 g/mol. The highest BCUT2D eigenvalue weighted by molar-refractivity contribution is 5.85. The van der Waals surface area contributed by atoms with Crippen molar-refractivity contribution in [2.75, 3.05) is 13.1 Å². The Balaban J connectivity index is 0.00000208. The molecule has 0 saturated carbocycles. The topological polar surface area (TPSA) is 55.6 Å². The molecule has 4 nitrogen and oxygen atoms in total. The van der Waals surface area contributed by atoms with Gasteiger partial charge in [-0.15, -0.1) is 12.4 Å². The second-order valence-corrected chi connectivity index (χ2v) is 6.89. The molecule has 0 aliphatic carbocycles. The summed E-state index contributed by atoms with van der Waals surface area (Å²) in [5.41, 5.74) is 9.58. The van der Waals surface area contributed by atoms with Crippen LogP contribution in [0.4, 0.5) is 0 Å². The lowest BCUT2D eigenvalue weighted by Crippen LogP contribution is -2.44. The maximum Gasteiger partial charge on any atom is 0.252 e. The highest BCUT2D eigenvalue weighted by Crippen LogP contribution is 2.35. The summed E-state index contributed by atoms with van der Waals surface area (Å²) in [6.07, 6.45) is 4.76. The molecule has 2 saturated heterocycles. The number of nitrogens with zero attached hydrogens (tertiary/aromatic N) is 1. The summed E-state index contributed by atoms with van der Waals surface area (Å²) >= 11 is 0. The number of benzene rings is 1. The summed E-state index contributed by atoms with van der Waals surface area (Å²) in [4.78, 5) is 15.1. The molecule has 3 atom stereocenters. The van der Waals surface area contributed by atoms with Crippen LogP contribution in [0.25, 0.3) is 0 Å². The molecule has 1 amide bonds. The van der Waals surface area contributed by atoms with E-state index in [0.717, 1.165) is 32.2 Å². The zero-order chi connectivity index (χ0) is 16.4. The third kappa shape index (κ3) is 3.76. The summed E-state index contributed by atoms with van der Waals surface area (Å²) in [6, 6.07) is 6.61. The largest absolute Gasteiger partial charge is 0.364 e. The lowest BCUT2D eigenvalue weighted by atomic mass is 9.90. The molecule has 2 aliphatic heterocycles.